The highest BCUT2D eigenvalue weighted by atomic mass is 32.2. The van der Waals surface area contributed by atoms with Crippen LogP contribution in [0.1, 0.15) is 83.9 Å². The van der Waals surface area contributed by atoms with Crippen molar-refractivity contribution in [1.29, 1.82) is 0 Å². The van der Waals surface area contributed by atoms with Crippen LogP contribution in [0.5, 0.6) is 0 Å². The summed E-state index contributed by atoms with van der Waals surface area (Å²) in [5, 5.41) is 1.42. The summed E-state index contributed by atoms with van der Waals surface area (Å²) in [6.07, 6.45) is 6.14. The van der Waals surface area contributed by atoms with Crippen LogP contribution in [0, 0.1) is 0 Å². The van der Waals surface area contributed by atoms with Gasteiger partial charge in [-0.25, -0.2) is 22.8 Å². The summed E-state index contributed by atoms with van der Waals surface area (Å²) in [6, 6.07) is 11.4. The molecule has 0 saturated carbocycles. The highest BCUT2D eigenvalue weighted by molar-refractivity contribution is 7.86. The predicted molar refractivity (Wildman–Crippen MR) is 226 cm³/mol. The molecule has 0 spiro atoms. The molecule has 3 amide bonds. The number of benzene rings is 2. The molecule has 1 atom stereocenters. The van der Waals surface area contributed by atoms with Crippen molar-refractivity contribution in [3.05, 3.63) is 106 Å². The van der Waals surface area contributed by atoms with Crippen LogP contribution in [-0.4, -0.2) is 111 Å². The molecular formula is C41H45N5O15S3. The first-order valence-electron chi connectivity index (χ1n) is 19.6. The first-order chi connectivity index (χ1) is 29.8. The lowest BCUT2D eigenvalue weighted by Gasteiger charge is -2.31. The number of aromatic nitrogens is 1. The van der Waals surface area contributed by atoms with Gasteiger partial charge < -0.3 is 14.3 Å². The topological polar surface area (TPSA) is 279 Å². The number of allylic oxidation sites excluding steroid dienone is 4. The fraction of sp³-hybridized carbons (Fsp3) is 0.366. The molecule has 2 aromatic carbocycles. The second-order valence-corrected chi connectivity index (χ2v) is 20.4. The summed E-state index contributed by atoms with van der Waals surface area (Å²) in [5.41, 5.74) is 0.734. The summed E-state index contributed by atoms with van der Waals surface area (Å²) in [7, 11) is -11.0. The molecule has 3 aliphatic rings. The molecule has 1 unspecified atom stereocenters. The fourth-order valence-corrected chi connectivity index (χ4v) is 9.33. The predicted octanol–water partition coefficient (Wildman–Crippen LogP) is 2.92. The first-order valence-corrected chi connectivity index (χ1v) is 24.2. The minimum atomic E-state index is -4.74. The standard InChI is InChI=1S/C41H45N5O15S3/c1-40(2)31-23-27(38(49)43(4)60-5)25-44(19-7-21-62(51,52)53)37(31)42-33(40)9-6-10-34-41(3,28-13-11-26(12-14-28)39(50)61-46-35(47)17-18-36(46)48)30-24-29(64(57,58)59)15-16-32(30)45(34)20-8-22-63(54,55)56/h6,9-16,23-25H,7-8,17-22H2,1-5H3,(H2-,51,52,53,54,55,56,57,58,59). The van der Waals surface area contributed by atoms with Crippen molar-refractivity contribution < 1.29 is 72.3 Å². The summed E-state index contributed by atoms with van der Waals surface area (Å²) >= 11 is 0. The van der Waals surface area contributed by atoms with Gasteiger partial charge in [-0.2, -0.15) is 16.8 Å². The molecule has 20 nitrogen and oxygen atoms in total. The van der Waals surface area contributed by atoms with Crippen molar-refractivity contribution in [3.8, 4) is 0 Å². The quantitative estimate of drug-likeness (QED) is 0.0904. The number of aliphatic imine (C=N–C) groups is 1. The highest BCUT2D eigenvalue weighted by Gasteiger charge is 2.46. The molecule has 3 aliphatic heterocycles. The molecule has 0 radical (unpaired) electrons. The number of hydroxylamine groups is 4. The van der Waals surface area contributed by atoms with Crippen LogP contribution in [0.25, 0.3) is 0 Å². The number of carbonyl (C=O) groups excluding carboxylic acids is 4. The van der Waals surface area contributed by atoms with Gasteiger partial charge in [-0.05, 0) is 98.3 Å². The van der Waals surface area contributed by atoms with Gasteiger partial charge in [-0.15, -0.1) is 5.06 Å². The molecule has 0 aliphatic carbocycles. The summed E-state index contributed by atoms with van der Waals surface area (Å²) in [4.78, 5) is 66.8. The van der Waals surface area contributed by atoms with Gasteiger partial charge in [-0.1, -0.05) is 18.2 Å². The number of carbonyl (C=O) groups is 4. The van der Waals surface area contributed by atoms with E-state index in [0.717, 1.165) is 5.06 Å². The van der Waals surface area contributed by atoms with E-state index in [4.69, 9.17) is 14.7 Å². The Kier molecular flexibility index (Phi) is 13.2. The molecule has 342 valence electrons. The number of imide groups is 1. The summed E-state index contributed by atoms with van der Waals surface area (Å²) < 4.78 is 104. The van der Waals surface area contributed by atoms with Crippen molar-refractivity contribution in [2.75, 3.05) is 37.1 Å². The zero-order valence-corrected chi connectivity index (χ0v) is 37.7. The number of rotatable bonds is 16. The Labute approximate surface area is 369 Å². The van der Waals surface area contributed by atoms with Gasteiger partial charge in [0, 0.05) is 43.6 Å². The fourth-order valence-electron chi connectivity index (χ4n) is 7.85. The van der Waals surface area contributed by atoms with Gasteiger partial charge in [0.15, 0.2) is 5.71 Å². The lowest BCUT2D eigenvalue weighted by molar-refractivity contribution is -0.684. The van der Waals surface area contributed by atoms with Gasteiger partial charge in [0.25, 0.3) is 38.0 Å². The maximum Gasteiger partial charge on any atom is 0.363 e. The van der Waals surface area contributed by atoms with Crippen molar-refractivity contribution >= 4 is 71.3 Å². The molecule has 2 N–H and O–H groups in total. The second-order valence-electron chi connectivity index (χ2n) is 15.9. The van der Waals surface area contributed by atoms with E-state index >= 15 is 0 Å². The zero-order valence-electron chi connectivity index (χ0n) is 35.2. The number of nitrogens with zero attached hydrogens (tertiary/aromatic N) is 5. The number of anilines is 1. The average molecular weight is 944 g/mol. The maximum absolute atomic E-state index is 13.3. The number of fused-ring (bicyclic) bond motifs is 2. The molecule has 3 aromatic rings. The lowest BCUT2D eigenvalue weighted by Crippen LogP contribution is -2.38. The Morgan fingerprint density at radius 2 is 1.58 bits per heavy atom. The molecule has 23 heteroatoms. The first kappa shape index (κ1) is 47.8. The number of amides is 3. The third-order valence-electron chi connectivity index (χ3n) is 11.3. The van der Waals surface area contributed by atoms with Gasteiger partial charge in [-0.3, -0.25) is 28.3 Å². The number of aryl methyl sites for hydroxylation is 1. The van der Waals surface area contributed by atoms with Gasteiger partial charge in [0.1, 0.15) is 6.20 Å². The molecule has 6 rings (SSSR count). The van der Waals surface area contributed by atoms with Crippen LogP contribution in [0.4, 0.5) is 11.5 Å². The normalized spacial score (nSPS) is 19.1. The van der Waals surface area contributed by atoms with Crippen LogP contribution in [0.3, 0.4) is 0 Å². The van der Waals surface area contributed by atoms with Crippen molar-refractivity contribution in [3.63, 3.8) is 0 Å². The zero-order chi connectivity index (χ0) is 47.2. The van der Waals surface area contributed by atoms with E-state index in [0.29, 0.717) is 44.7 Å². The Hall–Kier alpha value is -5.69. The van der Waals surface area contributed by atoms with Crippen molar-refractivity contribution in [1.82, 2.24) is 10.1 Å². The monoisotopic (exact) mass is 943 g/mol. The molecule has 1 fully saturated rings. The molecule has 64 heavy (non-hydrogen) atoms. The van der Waals surface area contributed by atoms with E-state index in [2.05, 4.69) is 0 Å². The number of hydrogen-bond acceptors (Lipinski definition) is 15. The largest absolute Gasteiger partial charge is 0.748 e. The average Bonchev–Trinajstić information content (AvgIpc) is 3.76. The minimum absolute atomic E-state index is 0.0146. The molecule has 4 heterocycles. The third kappa shape index (κ3) is 9.84. The molecule has 1 aromatic heterocycles. The number of pyridine rings is 1. The SMILES string of the molecule is CON(C)C(=O)c1cc2c([n+](CCCS(=O)(=O)[O-])c1)N=C(/C=C/C=C1/N(CCCS(=O)(=O)O)c3ccc(S(=O)(=O)O)cc3C1(C)c1ccc(C(=O)ON3C(=O)CCC3=O)cc1)C2(C)C. The molecule has 0 bridgehead atoms. The summed E-state index contributed by atoms with van der Waals surface area (Å²) in [5.74, 6) is -3.71. The maximum atomic E-state index is 13.3. The van der Waals surface area contributed by atoms with Crippen LogP contribution in [0.15, 0.2) is 88.5 Å². The number of hydrogen-bond donors (Lipinski definition) is 2. The smallest absolute Gasteiger partial charge is 0.363 e. The van der Waals surface area contributed by atoms with Gasteiger partial charge in [0.05, 0.1) is 61.9 Å². The van der Waals surface area contributed by atoms with E-state index in [1.807, 2.05) is 13.8 Å². The van der Waals surface area contributed by atoms with Crippen LogP contribution >= 0.6 is 0 Å². The van der Waals surface area contributed by atoms with Crippen LogP contribution in [0.2, 0.25) is 0 Å². The highest BCUT2D eigenvalue weighted by Crippen LogP contribution is 2.52. The van der Waals surface area contributed by atoms with Gasteiger partial charge >= 0.3 is 11.8 Å². The van der Waals surface area contributed by atoms with E-state index in [9.17, 15) is 58.1 Å². The van der Waals surface area contributed by atoms with E-state index in [-0.39, 0.29) is 49.9 Å². The van der Waals surface area contributed by atoms with Gasteiger partial charge in [0.2, 0.25) is 0 Å². The molecular weight excluding hydrogens is 899 g/mol. The van der Waals surface area contributed by atoms with Crippen molar-refractivity contribution in [2.24, 2.45) is 4.99 Å². The van der Waals surface area contributed by atoms with E-state index in [1.54, 1.807) is 52.8 Å². The Morgan fingerprint density at radius 3 is 2.17 bits per heavy atom. The third-order valence-corrected chi connectivity index (χ3v) is 13.8. The van der Waals surface area contributed by atoms with E-state index < -0.39 is 81.3 Å². The van der Waals surface area contributed by atoms with Crippen LogP contribution in [-0.2, 0) is 67.0 Å². The Morgan fingerprint density at radius 1 is 0.922 bits per heavy atom. The van der Waals surface area contributed by atoms with Crippen molar-refractivity contribution in [2.45, 2.75) is 68.7 Å². The summed E-state index contributed by atoms with van der Waals surface area (Å²) in [6.45, 7) is 5.45. The minimum Gasteiger partial charge on any atom is -0.748 e. The van der Waals surface area contributed by atoms with E-state index in [1.165, 1.54) is 50.7 Å². The second kappa shape index (κ2) is 17.7. The lowest BCUT2D eigenvalue weighted by atomic mass is 9.75. The van der Waals surface area contributed by atoms with Crippen LogP contribution < -0.4 is 9.47 Å². The molecule has 1 saturated heterocycles. The Bertz CT molecular complexity index is 2860. The Balaban J connectivity index is 1.46.